The summed E-state index contributed by atoms with van der Waals surface area (Å²) in [4.78, 5) is 5.71. The molecule has 2 atom stereocenters. The molecule has 2 unspecified atom stereocenters. The molecule has 0 radical (unpaired) electrons. The summed E-state index contributed by atoms with van der Waals surface area (Å²) >= 11 is 1.72. The van der Waals surface area contributed by atoms with Crippen molar-refractivity contribution in [1.29, 1.82) is 0 Å². The maximum absolute atomic E-state index is 6.43. The van der Waals surface area contributed by atoms with E-state index >= 15 is 0 Å². The first-order valence-electron chi connectivity index (χ1n) is 7.06. The van der Waals surface area contributed by atoms with E-state index in [4.69, 9.17) is 10.5 Å². The summed E-state index contributed by atoms with van der Waals surface area (Å²) in [6.07, 6.45) is 2.00. The molecule has 106 valence electrons. The van der Waals surface area contributed by atoms with Crippen LogP contribution in [0, 0.1) is 13.8 Å². The molecule has 0 amide bonds. The molecule has 0 aliphatic carbocycles. The fourth-order valence-corrected chi connectivity index (χ4v) is 3.91. The zero-order valence-corrected chi connectivity index (χ0v) is 12.7. The molecule has 3 nitrogen and oxygen atoms in total. The quantitative estimate of drug-likeness (QED) is 0.936. The zero-order valence-electron chi connectivity index (χ0n) is 11.9. The largest absolute Gasteiger partial charge is 0.493 e. The van der Waals surface area contributed by atoms with Gasteiger partial charge < -0.3 is 10.5 Å². The molecule has 0 saturated carbocycles. The van der Waals surface area contributed by atoms with Crippen molar-refractivity contribution in [2.45, 2.75) is 38.6 Å². The molecule has 1 aromatic heterocycles. The summed E-state index contributed by atoms with van der Waals surface area (Å²) in [5.74, 6) is 1.50. The van der Waals surface area contributed by atoms with Gasteiger partial charge in [0.25, 0.3) is 0 Å². The molecule has 2 aromatic rings. The molecule has 2 heterocycles. The van der Waals surface area contributed by atoms with E-state index in [1.165, 1.54) is 10.4 Å². The van der Waals surface area contributed by atoms with Gasteiger partial charge in [0, 0.05) is 10.9 Å². The Morgan fingerprint density at radius 3 is 2.95 bits per heavy atom. The number of nitrogens with two attached hydrogens (primary N) is 1. The van der Waals surface area contributed by atoms with Crippen LogP contribution in [0.4, 0.5) is 0 Å². The van der Waals surface area contributed by atoms with Crippen LogP contribution in [0.3, 0.4) is 0 Å². The van der Waals surface area contributed by atoms with Gasteiger partial charge in [0.05, 0.1) is 17.3 Å². The van der Waals surface area contributed by atoms with E-state index in [-0.39, 0.29) is 6.04 Å². The van der Waals surface area contributed by atoms with Gasteiger partial charge in [0.2, 0.25) is 0 Å². The predicted molar refractivity (Wildman–Crippen MR) is 82.4 cm³/mol. The third kappa shape index (κ3) is 2.58. The summed E-state index contributed by atoms with van der Waals surface area (Å²) in [5, 5.41) is 1.10. The van der Waals surface area contributed by atoms with E-state index in [1.54, 1.807) is 11.3 Å². The number of benzene rings is 1. The van der Waals surface area contributed by atoms with Crippen molar-refractivity contribution in [3.8, 4) is 5.75 Å². The van der Waals surface area contributed by atoms with Crippen molar-refractivity contribution < 1.29 is 4.74 Å². The van der Waals surface area contributed by atoms with Crippen LogP contribution in [0.25, 0.3) is 0 Å². The second-order valence-corrected chi connectivity index (χ2v) is 6.63. The Hall–Kier alpha value is -1.39. The lowest BCUT2D eigenvalue weighted by Crippen LogP contribution is -2.20. The molecule has 1 aromatic carbocycles. The van der Waals surface area contributed by atoms with E-state index in [0.29, 0.717) is 5.92 Å². The van der Waals surface area contributed by atoms with E-state index in [0.717, 1.165) is 35.9 Å². The highest BCUT2D eigenvalue weighted by Gasteiger charge is 2.25. The van der Waals surface area contributed by atoms with Crippen LogP contribution in [0.5, 0.6) is 5.75 Å². The van der Waals surface area contributed by atoms with Crippen LogP contribution in [-0.4, -0.2) is 11.6 Å². The Kier molecular flexibility index (Phi) is 3.76. The average Bonchev–Trinajstić information content (AvgIpc) is 2.78. The van der Waals surface area contributed by atoms with Gasteiger partial charge in [0.15, 0.2) is 0 Å². The summed E-state index contributed by atoms with van der Waals surface area (Å²) in [5.41, 5.74) is 8.81. The van der Waals surface area contributed by atoms with Crippen LogP contribution in [0.15, 0.2) is 24.3 Å². The molecule has 0 bridgehead atoms. The highest BCUT2D eigenvalue weighted by atomic mass is 32.1. The van der Waals surface area contributed by atoms with Gasteiger partial charge in [-0.25, -0.2) is 4.98 Å². The summed E-state index contributed by atoms with van der Waals surface area (Å²) in [6, 6.07) is 8.38. The summed E-state index contributed by atoms with van der Waals surface area (Å²) in [7, 11) is 0. The SMILES string of the molecule is Cc1nc(C)c(C(N)CC2CCOc3ccccc32)s1. The van der Waals surface area contributed by atoms with E-state index < -0.39 is 0 Å². The second kappa shape index (κ2) is 5.54. The number of para-hydroxylation sites is 1. The Bertz CT molecular complexity index is 608. The van der Waals surface area contributed by atoms with E-state index in [9.17, 15) is 0 Å². The van der Waals surface area contributed by atoms with Crippen molar-refractivity contribution in [2.24, 2.45) is 5.73 Å². The van der Waals surface area contributed by atoms with Gasteiger partial charge in [0.1, 0.15) is 5.75 Å². The smallest absolute Gasteiger partial charge is 0.122 e. The first kappa shape index (κ1) is 13.6. The van der Waals surface area contributed by atoms with E-state index in [2.05, 4.69) is 30.1 Å². The van der Waals surface area contributed by atoms with Gasteiger partial charge >= 0.3 is 0 Å². The number of rotatable bonds is 3. The summed E-state index contributed by atoms with van der Waals surface area (Å²) in [6.45, 7) is 4.88. The number of hydrogen-bond donors (Lipinski definition) is 1. The van der Waals surface area contributed by atoms with Gasteiger partial charge in [-0.15, -0.1) is 11.3 Å². The minimum absolute atomic E-state index is 0.0670. The van der Waals surface area contributed by atoms with Crippen LogP contribution in [0.2, 0.25) is 0 Å². The lowest BCUT2D eigenvalue weighted by atomic mass is 9.87. The lowest BCUT2D eigenvalue weighted by molar-refractivity contribution is 0.259. The molecular weight excluding hydrogens is 268 g/mol. The van der Waals surface area contributed by atoms with E-state index in [1.807, 2.05) is 13.0 Å². The summed E-state index contributed by atoms with van der Waals surface area (Å²) < 4.78 is 5.72. The molecule has 1 aliphatic rings. The molecule has 2 N–H and O–H groups in total. The van der Waals surface area contributed by atoms with Gasteiger partial charge in [-0.2, -0.15) is 0 Å². The Morgan fingerprint density at radius 1 is 1.40 bits per heavy atom. The Morgan fingerprint density at radius 2 is 2.20 bits per heavy atom. The maximum atomic E-state index is 6.43. The minimum Gasteiger partial charge on any atom is -0.493 e. The number of thiazole rings is 1. The number of aryl methyl sites for hydroxylation is 2. The second-order valence-electron chi connectivity index (χ2n) is 5.40. The molecule has 3 rings (SSSR count). The normalized spacial score (nSPS) is 19.2. The number of aromatic nitrogens is 1. The average molecular weight is 288 g/mol. The van der Waals surface area contributed by atoms with Crippen LogP contribution < -0.4 is 10.5 Å². The lowest BCUT2D eigenvalue weighted by Gasteiger charge is -2.27. The molecule has 20 heavy (non-hydrogen) atoms. The minimum atomic E-state index is 0.0670. The third-order valence-electron chi connectivity index (χ3n) is 3.90. The maximum Gasteiger partial charge on any atom is 0.122 e. The zero-order chi connectivity index (χ0) is 14.1. The molecule has 0 fully saturated rings. The number of fused-ring (bicyclic) bond motifs is 1. The highest BCUT2D eigenvalue weighted by molar-refractivity contribution is 7.11. The van der Waals surface area contributed by atoms with Crippen LogP contribution in [0.1, 0.15) is 45.9 Å². The molecule has 0 saturated heterocycles. The molecule has 4 heteroatoms. The van der Waals surface area contributed by atoms with Crippen LogP contribution in [-0.2, 0) is 0 Å². The first-order chi connectivity index (χ1) is 9.65. The first-order valence-corrected chi connectivity index (χ1v) is 7.88. The predicted octanol–water partition coefficient (Wildman–Crippen LogP) is 3.72. The van der Waals surface area contributed by atoms with Crippen molar-refractivity contribution >= 4 is 11.3 Å². The van der Waals surface area contributed by atoms with Gasteiger partial charge in [-0.3, -0.25) is 0 Å². The van der Waals surface area contributed by atoms with Crippen molar-refractivity contribution in [3.05, 3.63) is 45.4 Å². The number of hydrogen-bond acceptors (Lipinski definition) is 4. The Balaban J connectivity index is 1.80. The molecule has 1 aliphatic heterocycles. The third-order valence-corrected chi connectivity index (χ3v) is 5.10. The number of nitrogens with zero attached hydrogens (tertiary/aromatic N) is 1. The van der Waals surface area contributed by atoms with Gasteiger partial charge in [-0.1, -0.05) is 18.2 Å². The highest BCUT2D eigenvalue weighted by Crippen LogP contribution is 2.39. The van der Waals surface area contributed by atoms with Gasteiger partial charge in [-0.05, 0) is 44.2 Å². The standard InChI is InChI=1S/C16H20N2OS/c1-10-16(20-11(2)18-10)14(17)9-12-7-8-19-15-6-4-3-5-13(12)15/h3-6,12,14H,7-9,17H2,1-2H3. The fraction of sp³-hybridized carbons (Fsp3) is 0.438. The Labute approximate surface area is 123 Å². The molecular formula is C16H20N2OS. The van der Waals surface area contributed by atoms with Crippen molar-refractivity contribution in [1.82, 2.24) is 4.98 Å². The monoisotopic (exact) mass is 288 g/mol. The van der Waals surface area contributed by atoms with Crippen molar-refractivity contribution in [2.75, 3.05) is 6.61 Å². The van der Waals surface area contributed by atoms with Crippen LogP contribution >= 0.6 is 11.3 Å². The topological polar surface area (TPSA) is 48.1 Å². The molecule has 0 spiro atoms. The van der Waals surface area contributed by atoms with Crippen molar-refractivity contribution in [3.63, 3.8) is 0 Å². The number of ether oxygens (including phenoxy) is 1. The fourth-order valence-electron chi connectivity index (χ4n) is 2.97.